The summed E-state index contributed by atoms with van der Waals surface area (Å²) in [6.07, 6.45) is 0. The summed E-state index contributed by atoms with van der Waals surface area (Å²) in [5.74, 6) is -1.68. The van der Waals surface area contributed by atoms with Crippen LogP contribution in [0.4, 0.5) is 8.78 Å². The SMILES string of the molecule is N#CCOc1c(F)cc(F)cc1Br. The minimum atomic E-state index is -0.831. The second kappa shape index (κ2) is 4.19. The molecule has 2 nitrogen and oxygen atoms in total. The summed E-state index contributed by atoms with van der Waals surface area (Å²) in [5, 5.41) is 8.18. The van der Waals surface area contributed by atoms with Crippen molar-refractivity contribution in [2.24, 2.45) is 0 Å². The van der Waals surface area contributed by atoms with Gasteiger partial charge in [-0.25, -0.2) is 8.78 Å². The van der Waals surface area contributed by atoms with Gasteiger partial charge in [0.2, 0.25) is 0 Å². The Labute approximate surface area is 81.9 Å². The second-order valence-corrected chi connectivity index (χ2v) is 3.00. The predicted octanol–water partition coefficient (Wildman–Crippen LogP) is 2.63. The molecule has 1 aromatic rings. The molecule has 1 rings (SSSR count). The summed E-state index contributed by atoms with van der Waals surface area (Å²) in [4.78, 5) is 0. The minimum absolute atomic E-state index is 0.150. The van der Waals surface area contributed by atoms with Gasteiger partial charge in [-0.15, -0.1) is 0 Å². The lowest BCUT2D eigenvalue weighted by atomic mass is 10.3. The minimum Gasteiger partial charge on any atom is -0.474 e. The van der Waals surface area contributed by atoms with Crippen molar-refractivity contribution in [1.82, 2.24) is 0 Å². The topological polar surface area (TPSA) is 33.0 Å². The van der Waals surface area contributed by atoms with Gasteiger partial charge in [-0.3, -0.25) is 0 Å². The Balaban J connectivity index is 3.00. The molecule has 0 atom stereocenters. The molecule has 68 valence electrons. The molecule has 0 spiro atoms. The normalized spacial score (nSPS) is 9.38. The molecule has 13 heavy (non-hydrogen) atoms. The number of ether oxygens (including phenoxy) is 1. The average Bonchev–Trinajstić information content (AvgIpc) is 2.02. The van der Waals surface area contributed by atoms with Crippen LogP contribution >= 0.6 is 15.9 Å². The van der Waals surface area contributed by atoms with E-state index in [2.05, 4.69) is 15.9 Å². The van der Waals surface area contributed by atoms with Gasteiger partial charge >= 0.3 is 0 Å². The van der Waals surface area contributed by atoms with Crippen LogP contribution in [0.3, 0.4) is 0 Å². The van der Waals surface area contributed by atoms with Gasteiger partial charge in [-0.1, -0.05) is 0 Å². The molecule has 0 saturated heterocycles. The van der Waals surface area contributed by atoms with Gasteiger partial charge in [0.15, 0.2) is 18.2 Å². The van der Waals surface area contributed by atoms with E-state index in [0.717, 1.165) is 6.07 Å². The highest BCUT2D eigenvalue weighted by molar-refractivity contribution is 9.10. The van der Waals surface area contributed by atoms with Crippen LogP contribution in [0.25, 0.3) is 0 Å². The quantitative estimate of drug-likeness (QED) is 0.805. The Bertz CT molecular complexity index is 339. The van der Waals surface area contributed by atoms with Crippen molar-refractivity contribution in [3.8, 4) is 11.8 Å². The molecule has 1 aromatic carbocycles. The van der Waals surface area contributed by atoms with E-state index < -0.39 is 11.6 Å². The van der Waals surface area contributed by atoms with Gasteiger partial charge in [0.1, 0.15) is 11.9 Å². The lowest BCUT2D eigenvalue weighted by Gasteiger charge is -2.05. The molecule has 0 radical (unpaired) electrons. The number of nitriles is 1. The fourth-order valence-corrected chi connectivity index (χ4v) is 1.29. The Kier molecular flexibility index (Phi) is 3.20. The molecule has 0 aromatic heterocycles. The van der Waals surface area contributed by atoms with Crippen LogP contribution in [0, 0.1) is 23.0 Å². The van der Waals surface area contributed by atoms with E-state index >= 15 is 0 Å². The van der Waals surface area contributed by atoms with Crippen molar-refractivity contribution in [2.45, 2.75) is 0 Å². The summed E-state index contributed by atoms with van der Waals surface area (Å²) < 4.78 is 30.3. The van der Waals surface area contributed by atoms with Crippen LogP contribution in [0.2, 0.25) is 0 Å². The third-order valence-electron chi connectivity index (χ3n) is 1.24. The number of benzene rings is 1. The van der Waals surface area contributed by atoms with Gasteiger partial charge in [0, 0.05) is 6.07 Å². The fraction of sp³-hybridized carbons (Fsp3) is 0.125. The molecule has 0 N–H and O–H groups in total. The van der Waals surface area contributed by atoms with Crippen LogP contribution in [0.1, 0.15) is 0 Å². The zero-order chi connectivity index (χ0) is 9.84. The first-order valence-corrected chi connectivity index (χ1v) is 4.08. The Morgan fingerprint density at radius 2 is 2.15 bits per heavy atom. The molecule has 0 unspecified atom stereocenters. The van der Waals surface area contributed by atoms with Crippen LogP contribution in [0.15, 0.2) is 16.6 Å². The van der Waals surface area contributed by atoms with Gasteiger partial charge in [-0.05, 0) is 22.0 Å². The van der Waals surface area contributed by atoms with Crippen molar-refractivity contribution in [3.05, 3.63) is 28.2 Å². The van der Waals surface area contributed by atoms with Crippen molar-refractivity contribution in [2.75, 3.05) is 6.61 Å². The van der Waals surface area contributed by atoms with Crippen molar-refractivity contribution in [3.63, 3.8) is 0 Å². The lowest BCUT2D eigenvalue weighted by Crippen LogP contribution is -1.97. The molecule has 0 saturated carbocycles. The molecule has 0 aliphatic carbocycles. The van der Waals surface area contributed by atoms with Crippen LogP contribution in [-0.2, 0) is 0 Å². The zero-order valence-electron chi connectivity index (χ0n) is 6.35. The summed E-state index contributed by atoms with van der Waals surface area (Å²) in [7, 11) is 0. The van der Waals surface area contributed by atoms with Gasteiger partial charge < -0.3 is 4.74 Å². The maximum absolute atomic E-state index is 12.9. The van der Waals surface area contributed by atoms with E-state index in [4.69, 9.17) is 10.00 Å². The first-order valence-electron chi connectivity index (χ1n) is 3.29. The monoisotopic (exact) mass is 247 g/mol. The number of rotatable bonds is 2. The van der Waals surface area contributed by atoms with E-state index in [1.54, 1.807) is 6.07 Å². The molecular formula is C8H4BrF2NO. The number of halogens is 3. The summed E-state index contributed by atoms with van der Waals surface area (Å²) >= 11 is 2.91. The van der Waals surface area contributed by atoms with Gasteiger partial charge in [-0.2, -0.15) is 5.26 Å². The molecule has 0 aliphatic heterocycles. The zero-order valence-corrected chi connectivity index (χ0v) is 7.94. The molecule has 0 fully saturated rings. The molecule has 0 heterocycles. The molecule has 0 aliphatic rings. The molecular weight excluding hydrogens is 244 g/mol. The average molecular weight is 248 g/mol. The third-order valence-corrected chi connectivity index (χ3v) is 1.83. The summed E-state index contributed by atoms with van der Waals surface area (Å²) in [5.41, 5.74) is 0. The molecule has 0 amide bonds. The lowest BCUT2D eigenvalue weighted by molar-refractivity contribution is 0.342. The van der Waals surface area contributed by atoms with E-state index in [-0.39, 0.29) is 16.8 Å². The highest BCUT2D eigenvalue weighted by Crippen LogP contribution is 2.28. The molecule has 5 heteroatoms. The van der Waals surface area contributed by atoms with E-state index in [1.807, 2.05) is 0 Å². The second-order valence-electron chi connectivity index (χ2n) is 2.15. The van der Waals surface area contributed by atoms with Crippen LogP contribution < -0.4 is 4.74 Å². The predicted molar refractivity (Wildman–Crippen MR) is 45.2 cm³/mol. The fourth-order valence-electron chi connectivity index (χ4n) is 0.771. The van der Waals surface area contributed by atoms with Gasteiger partial charge in [0.25, 0.3) is 0 Å². The Morgan fingerprint density at radius 3 is 2.69 bits per heavy atom. The Hall–Kier alpha value is -1.15. The third kappa shape index (κ3) is 2.39. The van der Waals surface area contributed by atoms with Crippen LogP contribution in [-0.4, -0.2) is 6.61 Å². The van der Waals surface area contributed by atoms with Gasteiger partial charge in [0.05, 0.1) is 4.47 Å². The smallest absolute Gasteiger partial charge is 0.174 e. The number of hydrogen-bond acceptors (Lipinski definition) is 2. The number of nitrogens with zero attached hydrogens (tertiary/aromatic N) is 1. The van der Waals surface area contributed by atoms with Crippen LogP contribution in [0.5, 0.6) is 5.75 Å². The van der Waals surface area contributed by atoms with Crippen molar-refractivity contribution in [1.29, 1.82) is 5.26 Å². The maximum atomic E-state index is 12.9. The van der Waals surface area contributed by atoms with Crippen molar-refractivity contribution < 1.29 is 13.5 Å². The van der Waals surface area contributed by atoms with E-state index in [0.29, 0.717) is 6.07 Å². The first kappa shape index (κ1) is 9.93. The van der Waals surface area contributed by atoms with E-state index in [1.165, 1.54) is 0 Å². The molecule has 0 bridgehead atoms. The summed E-state index contributed by atoms with van der Waals surface area (Å²) in [6.45, 7) is -0.277. The largest absolute Gasteiger partial charge is 0.474 e. The maximum Gasteiger partial charge on any atom is 0.174 e. The highest BCUT2D eigenvalue weighted by atomic mass is 79.9. The first-order chi connectivity index (χ1) is 6.15. The van der Waals surface area contributed by atoms with Crippen molar-refractivity contribution >= 4 is 15.9 Å². The number of hydrogen-bond donors (Lipinski definition) is 0. The standard InChI is InChI=1S/C8H4BrF2NO/c9-6-3-5(10)4-7(11)8(6)13-2-1-12/h3-4H,2H2. The van der Waals surface area contributed by atoms with E-state index in [9.17, 15) is 8.78 Å². The highest BCUT2D eigenvalue weighted by Gasteiger charge is 2.10. The summed E-state index contributed by atoms with van der Waals surface area (Å²) in [6, 6.07) is 3.44. The Morgan fingerprint density at radius 1 is 1.46 bits per heavy atom.